The van der Waals surface area contributed by atoms with Crippen molar-refractivity contribution in [1.82, 2.24) is 15.5 Å². The van der Waals surface area contributed by atoms with Crippen LogP contribution in [0.5, 0.6) is 5.75 Å². The van der Waals surface area contributed by atoms with Gasteiger partial charge in [0, 0.05) is 31.8 Å². The largest absolute Gasteiger partial charge is 0.492 e. The molecule has 2 saturated heterocycles. The fourth-order valence-corrected chi connectivity index (χ4v) is 3.75. The Morgan fingerprint density at radius 1 is 1.29 bits per heavy atom. The number of piperidine rings is 1. The average Bonchev–Trinajstić information content (AvgIpc) is 3.22. The minimum atomic E-state index is -0.417. The third kappa shape index (κ3) is 6.61. The van der Waals surface area contributed by atoms with Crippen LogP contribution in [0.1, 0.15) is 25.7 Å². The first-order chi connectivity index (χ1) is 13.1. The fraction of sp³-hybridized carbons (Fsp3) is 0.632. The molecule has 2 aliphatic heterocycles. The maximum absolute atomic E-state index is 12.1. The number of halogens is 1. The highest BCUT2D eigenvalue weighted by Gasteiger charge is 2.24. The fourth-order valence-electron chi connectivity index (χ4n) is 3.75. The van der Waals surface area contributed by atoms with Crippen LogP contribution in [0, 0.1) is 16.0 Å². The van der Waals surface area contributed by atoms with Crippen molar-refractivity contribution in [2.75, 3.05) is 39.3 Å². The number of likely N-dealkylation sites (tertiary alicyclic amines) is 1. The molecule has 0 bridgehead atoms. The number of non-ortho nitro benzene ring substituents is 1. The van der Waals surface area contributed by atoms with Crippen LogP contribution in [0.2, 0.25) is 0 Å². The van der Waals surface area contributed by atoms with Crippen LogP contribution in [-0.2, 0) is 4.79 Å². The Kier molecular flexibility index (Phi) is 8.95. The molecule has 8 nitrogen and oxygen atoms in total. The highest BCUT2D eigenvalue weighted by molar-refractivity contribution is 5.85. The molecule has 1 aromatic rings. The van der Waals surface area contributed by atoms with Crippen molar-refractivity contribution in [2.45, 2.75) is 31.7 Å². The lowest BCUT2D eigenvalue weighted by Crippen LogP contribution is -2.46. The molecule has 0 radical (unpaired) electrons. The predicted octanol–water partition coefficient (Wildman–Crippen LogP) is 1.98. The molecule has 2 fully saturated rings. The molecule has 0 aromatic heterocycles. The smallest absolute Gasteiger partial charge is 0.269 e. The van der Waals surface area contributed by atoms with Gasteiger partial charge in [-0.1, -0.05) is 0 Å². The van der Waals surface area contributed by atoms with Gasteiger partial charge in [-0.3, -0.25) is 19.8 Å². The van der Waals surface area contributed by atoms with E-state index in [1.54, 1.807) is 12.1 Å². The lowest BCUT2D eigenvalue weighted by atomic mass is 9.98. The average molecular weight is 413 g/mol. The van der Waals surface area contributed by atoms with Crippen LogP contribution in [-0.4, -0.2) is 61.1 Å². The van der Waals surface area contributed by atoms with Crippen LogP contribution in [0.15, 0.2) is 24.3 Å². The van der Waals surface area contributed by atoms with Crippen LogP contribution < -0.4 is 15.4 Å². The Balaban J connectivity index is 0.00000280. The molecule has 3 rings (SSSR count). The van der Waals surface area contributed by atoms with Gasteiger partial charge in [0.2, 0.25) is 5.91 Å². The summed E-state index contributed by atoms with van der Waals surface area (Å²) in [6, 6.07) is 6.15. The molecule has 1 aromatic carbocycles. The van der Waals surface area contributed by atoms with Crippen molar-refractivity contribution < 1.29 is 14.5 Å². The molecule has 2 atom stereocenters. The van der Waals surface area contributed by atoms with E-state index in [-0.39, 0.29) is 30.0 Å². The molecule has 2 N–H and O–H groups in total. The topological polar surface area (TPSA) is 96.7 Å². The monoisotopic (exact) mass is 412 g/mol. The van der Waals surface area contributed by atoms with E-state index in [1.807, 2.05) is 0 Å². The van der Waals surface area contributed by atoms with Gasteiger partial charge in [-0.25, -0.2) is 0 Å². The van der Waals surface area contributed by atoms with Gasteiger partial charge in [-0.05, 0) is 56.8 Å². The van der Waals surface area contributed by atoms with Gasteiger partial charge in [0.25, 0.3) is 5.69 Å². The zero-order chi connectivity index (χ0) is 19.1. The van der Waals surface area contributed by atoms with E-state index >= 15 is 0 Å². The van der Waals surface area contributed by atoms with E-state index in [0.717, 1.165) is 58.4 Å². The third-order valence-electron chi connectivity index (χ3n) is 5.27. The molecule has 1 amide bonds. The molecular weight excluding hydrogens is 384 g/mol. The normalized spacial score (nSPS) is 22.3. The number of rotatable bonds is 8. The van der Waals surface area contributed by atoms with E-state index in [9.17, 15) is 14.9 Å². The molecule has 0 spiro atoms. The van der Waals surface area contributed by atoms with Crippen molar-refractivity contribution in [3.8, 4) is 5.75 Å². The summed E-state index contributed by atoms with van der Waals surface area (Å²) in [5.74, 6) is 1.25. The Bertz CT molecular complexity index is 637. The lowest BCUT2D eigenvalue weighted by Gasteiger charge is -2.32. The van der Waals surface area contributed by atoms with E-state index in [1.165, 1.54) is 12.1 Å². The second-order valence-electron chi connectivity index (χ2n) is 7.30. The molecule has 0 aliphatic carbocycles. The molecule has 2 aliphatic rings. The Labute approximate surface area is 171 Å². The number of benzene rings is 1. The Morgan fingerprint density at radius 3 is 2.75 bits per heavy atom. The number of carbonyl (C=O) groups excluding carboxylic acids is 1. The summed E-state index contributed by atoms with van der Waals surface area (Å²) >= 11 is 0. The van der Waals surface area contributed by atoms with Crippen molar-refractivity contribution in [1.29, 1.82) is 0 Å². The Hall–Kier alpha value is -1.90. The quantitative estimate of drug-likeness (QED) is 0.500. The molecule has 2 unspecified atom stereocenters. The number of amides is 1. The third-order valence-corrected chi connectivity index (χ3v) is 5.27. The highest BCUT2D eigenvalue weighted by atomic mass is 35.5. The van der Waals surface area contributed by atoms with Gasteiger partial charge in [-0.2, -0.15) is 0 Å². The zero-order valence-electron chi connectivity index (χ0n) is 16.0. The standard InChI is InChI=1S/C19H28N4O4.ClH/c24-19(18-4-1-9-20-18)21-13-15-3-2-10-22(14-15)11-12-27-17-7-5-16(6-8-17)23(25)26;/h5-8,15,18,20H,1-4,9-14H2,(H,21,24);1H. The van der Waals surface area contributed by atoms with Gasteiger partial charge in [0.1, 0.15) is 12.4 Å². The van der Waals surface area contributed by atoms with Gasteiger partial charge in [0.05, 0.1) is 11.0 Å². The molecule has 9 heteroatoms. The SMILES string of the molecule is Cl.O=C(NCC1CCCN(CCOc2ccc([N+](=O)[O-])cc2)C1)C1CCCN1. The minimum Gasteiger partial charge on any atom is -0.492 e. The second kappa shape index (κ2) is 11.2. The number of carbonyl (C=O) groups is 1. The van der Waals surface area contributed by atoms with Crippen molar-refractivity contribution in [3.63, 3.8) is 0 Å². The second-order valence-corrected chi connectivity index (χ2v) is 7.30. The zero-order valence-corrected chi connectivity index (χ0v) is 16.8. The van der Waals surface area contributed by atoms with Gasteiger partial charge in [0.15, 0.2) is 0 Å². The number of nitrogens with one attached hydrogen (secondary N) is 2. The number of ether oxygens (including phenoxy) is 1. The molecule has 28 heavy (non-hydrogen) atoms. The summed E-state index contributed by atoms with van der Waals surface area (Å²) in [6.45, 7) is 5.02. The lowest BCUT2D eigenvalue weighted by molar-refractivity contribution is -0.384. The molecule has 0 saturated carbocycles. The number of nitro groups is 1. The van der Waals surface area contributed by atoms with E-state index in [2.05, 4.69) is 15.5 Å². The van der Waals surface area contributed by atoms with Crippen LogP contribution in [0.4, 0.5) is 5.69 Å². The van der Waals surface area contributed by atoms with Gasteiger partial charge in [-0.15, -0.1) is 12.4 Å². The first kappa shape index (κ1) is 22.4. The van der Waals surface area contributed by atoms with E-state index in [0.29, 0.717) is 18.3 Å². The van der Waals surface area contributed by atoms with Crippen LogP contribution in [0.25, 0.3) is 0 Å². The van der Waals surface area contributed by atoms with Gasteiger partial charge >= 0.3 is 0 Å². The number of hydrogen-bond acceptors (Lipinski definition) is 6. The first-order valence-electron chi connectivity index (χ1n) is 9.72. The summed E-state index contributed by atoms with van der Waals surface area (Å²) in [4.78, 5) is 24.7. The van der Waals surface area contributed by atoms with Crippen molar-refractivity contribution in [3.05, 3.63) is 34.4 Å². The summed E-state index contributed by atoms with van der Waals surface area (Å²) in [5, 5.41) is 17.0. The summed E-state index contributed by atoms with van der Waals surface area (Å²) in [7, 11) is 0. The summed E-state index contributed by atoms with van der Waals surface area (Å²) in [5.41, 5.74) is 0.0658. The van der Waals surface area contributed by atoms with Crippen molar-refractivity contribution in [2.24, 2.45) is 5.92 Å². The molecule has 2 heterocycles. The minimum absolute atomic E-state index is 0. The first-order valence-corrected chi connectivity index (χ1v) is 9.72. The highest BCUT2D eigenvalue weighted by Crippen LogP contribution is 2.18. The Morgan fingerprint density at radius 2 is 2.07 bits per heavy atom. The number of hydrogen-bond donors (Lipinski definition) is 2. The van der Waals surface area contributed by atoms with Crippen LogP contribution >= 0.6 is 12.4 Å². The molecule has 156 valence electrons. The maximum Gasteiger partial charge on any atom is 0.269 e. The predicted molar refractivity (Wildman–Crippen MR) is 109 cm³/mol. The van der Waals surface area contributed by atoms with E-state index in [4.69, 9.17) is 4.74 Å². The van der Waals surface area contributed by atoms with Crippen molar-refractivity contribution >= 4 is 24.0 Å². The summed E-state index contributed by atoms with van der Waals surface area (Å²) in [6.07, 6.45) is 4.27. The van der Waals surface area contributed by atoms with Gasteiger partial charge < -0.3 is 15.4 Å². The van der Waals surface area contributed by atoms with Crippen LogP contribution in [0.3, 0.4) is 0 Å². The molecular formula is C19H29ClN4O4. The number of nitrogens with zero attached hydrogens (tertiary/aromatic N) is 2. The maximum atomic E-state index is 12.1. The summed E-state index contributed by atoms with van der Waals surface area (Å²) < 4.78 is 5.70. The van der Waals surface area contributed by atoms with E-state index < -0.39 is 4.92 Å². The number of nitro benzene ring substituents is 1.